The van der Waals surface area contributed by atoms with Gasteiger partial charge in [-0.1, -0.05) is 32.0 Å². The molecule has 1 heterocycles. The van der Waals surface area contributed by atoms with Crippen LogP contribution in [0, 0.1) is 12.3 Å². The Hall–Kier alpha value is -1.69. The molecule has 0 amide bonds. The van der Waals surface area contributed by atoms with Crippen molar-refractivity contribution in [3.05, 3.63) is 45.3 Å². The highest BCUT2D eigenvalue weighted by Gasteiger charge is 2.33. The van der Waals surface area contributed by atoms with E-state index in [0.717, 1.165) is 46.4 Å². The van der Waals surface area contributed by atoms with Crippen molar-refractivity contribution in [1.82, 2.24) is 0 Å². The maximum Gasteiger partial charge on any atom is 0.337 e. The lowest BCUT2D eigenvalue weighted by Gasteiger charge is -2.29. The molecule has 2 aromatic rings. The van der Waals surface area contributed by atoms with Gasteiger partial charge in [0.25, 0.3) is 0 Å². The lowest BCUT2D eigenvalue weighted by molar-refractivity contribution is 0.0696. The number of rotatable bonds is 4. The number of aryl methyl sites for hydroxylation is 2. The molecule has 1 aromatic heterocycles. The fourth-order valence-corrected chi connectivity index (χ4v) is 4.90. The number of hydrogen-bond donors (Lipinski definition) is 2. The summed E-state index contributed by atoms with van der Waals surface area (Å²) in [6.45, 7) is 6.78. The summed E-state index contributed by atoms with van der Waals surface area (Å²) in [6, 6.07) is 5.94. The number of benzene rings is 1. The Kier molecular flexibility index (Phi) is 4.51. The molecule has 0 bridgehead atoms. The van der Waals surface area contributed by atoms with Crippen molar-refractivity contribution in [3.63, 3.8) is 0 Å². The third-order valence-corrected chi connectivity index (χ3v) is 6.10. The van der Waals surface area contributed by atoms with Crippen molar-refractivity contribution in [2.24, 2.45) is 11.3 Å². The third kappa shape index (κ3) is 3.11. The molecule has 3 rings (SSSR count). The van der Waals surface area contributed by atoms with E-state index in [-0.39, 0.29) is 5.41 Å². The van der Waals surface area contributed by atoms with Gasteiger partial charge in [0, 0.05) is 9.75 Å². The van der Waals surface area contributed by atoms with Crippen molar-refractivity contribution in [1.29, 1.82) is 0 Å². The van der Waals surface area contributed by atoms with Crippen LogP contribution in [0.5, 0.6) is 0 Å². The van der Waals surface area contributed by atoms with E-state index in [9.17, 15) is 9.90 Å². The number of thiophene rings is 1. The number of carboxylic acids is 1. The smallest absolute Gasteiger partial charge is 0.337 e. The SMILES string of the molecule is Cc1cc(CON)ccc1-c1sc2c(c1C(=O)O)CC(C)(C)CC2. The number of carbonyl (C=O) groups is 1. The summed E-state index contributed by atoms with van der Waals surface area (Å²) >= 11 is 1.64. The monoisotopic (exact) mass is 345 g/mol. The van der Waals surface area contributed by atoms with Crippen LogP contribution in [0.2, 0.25) is 0 Å². The fourth-order valence-electron chi connectivity index (χ4n) is 3.50. The molecule has 1 aliphatic carbocycles. The molecule has 4 nitrogen and oxygen atoms in total. The van der Waals surface area contributed by atoms with Gasteiger partial charge in [-0.3, -0.25) is 4.84 Å². The zero-order chi connectivity index (χ0) is 17.5. The highest BCUT2D eigenvalue weighted by molar-refractivity contribution is 7.16. The average molecular weight is 345 g/mol. The molecule has 128 valence electrons. The Morgan fingerprint density at radius 2 is 2.17 bits per heavy atom. The first-order valence-corrected chi connectivity index (χ1v) is 8.93. The van der Waals surface area contributed by atoms with Crippen LogP contribution in [0.3, 0.4) is 0 Å². The van der Waals surface area contributed by atoms with E-state index >= 15 is 0 Å². The summed E-state index contributed by atoms with van der Waals surface area (Å²) in [5, 5.41) is 9.84. The van der Waals surface area contributed by atoms with E-state index in [1.165, 1.54) is 4.88 Å². The molecule has 1 aliphatic rings. The van der Waals surface area contributed by atoms with E-state index in [4.69, 9.17) is 5.90 Å². The second-order valence-electron chi connectivity index (χ2n) is 7.31. The first kappa shape index (κ1) is 17.1. The first-order valence-electron chi connectivity index (χ1n) is 8.12. The van der Waals surface area contributed by atoms with Crippen LogP contribution in [0.1, 0.15) is 52.2 Å². The third-order valence-electron chi connectivity index (χ3n) is 4.77. The van der Waals surface area contributed by atoms with Crippen molar-refractivity contribution in [2.45, 2.75) is 46.6 Å². The predicted octanol–water partition coefficient (Wildman–Crippen LogP) is 4.33. The van der Waals surface area contributed by atoms with Gasteiger partial charge in [0.15, 0.2) is 0 Å². The summed E-state index contributed by atoms with van der Waals surface area (Å²) in [4.78, 5) is 18.8. The largest absolute Gasteiger partial charge is 0.478 e. The minimum Gasteiger partial charge on any atom is -0.478 e. The molecular formula is C19H23NO3S. The second kappa shape index (κ2) is 6.31. The molecule has 0 atom stereocenters. The number of fused-ring (bicyclic) bond motifs is 1. The summed E-state index contributed by atoms with van der Waals surface area (Å²) in [7, 11) is 0. The molecule has 1 aromatic carbocycles. The molecule has 0 radical (unpaired) electrons. The maximum atomic E-state index is 12.0. The van der Waals surface area contributed by atoms with Gasteiger partial charge in [0.1, 0.15) is 0 Å². The van der Waals surface area contributed by atoms with Crippen molar-refractivity contribution in [2.75, 3.05) is 0 Å². The van der Waals surface area contributed by atoms with Crippen LogP contribution in [-0.4, -0.2) is 11.1 Å². The van der Waals surface area contributed by atoms with Crippen LogP contribution >= 0.6 is 11.3 Å². The second-order valence-corrected chi connectivity index (χ2v) is 8.42. The summed E-state index contributed by atoms with van der Waals surface area (Å²) in [5.74, 6) is 4.31. The van der Waals surface area contributed by atoms with Crippen LogP contribution in [0.4, 0.5) is 0 Å². The number of carboxylic acid groups (broad SMARTS) is 1. The molecular weight excluding hydrogens is 322 g/mol. The first-order chi connectivity index (χ1) is 11.3. The zero-order valence-corrected chi connectivity index (χ0v) is 15.1. The zero-order valence-electron chi connectivity index (χ0n) is 14.3. The molecule has 24 heavy (non-hydrogen) atoms. The van der Waals surface area contributed by atoms with Crippen LogP contribution < -0.4 is 5.90 Å². The van der Waals surface area contributed by atoms with Gasteiger partial charge >= 0.3 is 5.97 Å². The van der Waals surface area contributed by atoms with Crippen LogP contribution in [0.25, 0.3) is 10.4 Å². The van der Waals surface area contributed by atoms with Gasteiger partial charge in [-0.25, -0.2) is 10.7 Å². The normalized spacial score (nSPS) is 16.0. The average Bonchev–Trinajstić information content (AvgIpc) is 2.84. The van der Waals surface area contributed by atoms with Gasteiger partial charge in [-0.05, 0) is 53.9 Å². The Balaban J connectivity index is 2.12. The van der Waals surface area contributed by atoms with Crippen molar-refractivity contribution < 1.29 is 14.7 Å². The Labute approximate surface area is 146 Å². The number of hydrogen-bond acceptors (Lipinski definition) is 4. The lowest BCUT2D eigenvalue weighted by atomic mass is 9.76. The molecule has 0 saturated carbocycles. The Bertz CT molecular complexity index is 792. The van der Waals surface area contributed by atoms with Crippen molar-refractivity contribution >= 4 is 17.3 Å². The predicted molar refractivity (Wildman–Crippen MR) is 96.2 cm³/mol. The van der Waals surface area contributed by atoms with Gasteiger partial charge in [-0.2, -0.15) is 0 Å². The highest BCUT2D eigenvalue weighted by atomic mass is 32.1. The molecule has 0 aliphatic heterocycles. The van der Waals surface area contributed by atoms with Crippen molar-refractivity contribution in [3.8, 4) is 10.4 Å². The minimum atomic E-state index is -0.825. The van der Waals surface area contributed by atoms with E-state index < -0.39 is 5.97 Å². The lowest BCUT2D eigenvalue weighted by Crippen LogP contribution is -2.22. The van der Waals surface area contributed by atoms with Crippen LogP contribution in [0.15, 0.2) is 18.2 Å². The highest BCUT2D eigenvalue weighted by Crippen LogP contribution is 2.45. The van der Waals surface area contributed by atoms with Gasteiger partial charge in [0.05, 0.1) is 12.2 Å². The topological polar surface area (TPSA) is 72.5 Å². The Morgan fingerprint density at radius 1 is 1.42 bits per heavy atom. The Morgan fingerprint density at radius 3 is 2.79 bits per heavy atom. The minimum absolute atomic E-state index is 0.160. The molecule has 0 spiro atoms. The number of aromatic carboxylic acids is 1. The summed E-state index contributed by atoms with van der Waals surface area (Å²) in [5.41, 5.74) is 4.71. The fraction of sp³-hybridized carbons (Fsp3) is 0.421. The molecule has 0 unspecified atom stereocenters. The maximum absolute atomic E-state index is 12.0. The molecule has 0 fully saturated rings. The quantitative estimate of drug-likeness (QED) is 0.809. The molecule has 5 heteroatoms. The van der Waals surface area contributed by atoms with Gasteiger partial charge in [0.2, 0.25) is 0 Å². The molecule has 0 saturated heterocycles. The van der Waals surface area contributed by atoms with Gasteiger partial charge in [-0.15, -0.1) is 11.3 Å². The summed E-state index contributed by atoms with van der Waals surface area (Å²) < 4.78 is 0. The number of nitrogens with two attached hydrogens (primary N) is 1. The molecule has 3 N–H and O–H groups in total. The standard InChI is InChI=1S/C19H23NO3S/c1-11-8-12(10-23-20)4-5-13(11)17-16(18(21)22)14-9-19(2,3)7-6-15(14)24-17/h4-5,8H,6-7,9-10,20H2,1-3H3,(H,21,22). The summed E-state index contributed by atoms with van der Waals surface area (Å²) in [6.07, 6.45) is 2.90. The van der Waals surface area contributed by atoms with E-state index in [1.807, 2.05) is 25.1 Å². The van der Waals surface area contributed by atoms with Crippen LogP contribution in [-0.2, 0) is 24.3 Å². The van der Waals surface area contributed by atoms with E-state index in [0.29, 0.717) is 12.2 Å². The van der Waals surface area contributed by atoms with Gasteiger partial charge < -0.3 is 5.11 Å². The van der Waals surface area contributed by atoms with E-state index in [1.54, 1.807) is 11.3 Å². The van der Waals surface area contributed by atoms with E-state index in [2.05, 4.69) is 18.7 Å².